The van der Waals surface area contributed by atoms with Crippen molar-refractivity contribution < 1.29 is 9.47 Å². The second kappa shape index (κ2) is 8.74. The van der Waals surface area contributed by atoms with Crippen LogP contribution in [0.1, 0.15) is 23.7 Å². The Morgan fingerprint density at radius 2 is 2.15 bits per heavy atom. The highest BCUT2D eigenvalue weighted by molar-refractivity contribution is 5.99. The van der Waals surface area contributed by atoms with Crippen molar-refractivity contribution in [2.75, 3.05) is 38.8 Å². The summed E-state index contributed by atoms with van der Waals surface area (Å²) in [6.45, 7) is 7.58. The van der Waals surface area contributed by atoms with Crippen molar-refractivity contribution >= 4 is 11.7 Å². The number of nitrogens with zero attached hydrogens (tertiary/aromatic N) is 4. The number of aryl methyl sites for hydroxylation is 1. The Kier molecular flexibility index (Phi) is 6.15. The Hall–Kier alpha value is -2.78. The summed E-state index contributed by atoms with van der Waals surface area (Å²) in [6.07, 6.45) is 0. The Balaban J connectivity index is 1.76. The van der Waals surface area contributed by atoms with Gasteiger partial charge >= 0.3 is 0 Å². The first-order valence-electron chi connectivity index (χ1n) is 8.78. The fraction of sp³-hybridized carbons (Fsp3) is 0.444. The van der Waals surface area contributed by atoms with Gasteiger partial charge in [-0.15, -0.1) is 10.2 Å². The molecule has 0 spiro atoms. The number of H-pyrrole nitrogens is 1. The van der Waals surface area contributed by atoms with Gasteiger partial charge in [0.25, 0.3) is 5.56 Å². The standard InChI is InChI=1S/C18H24N6O3/c1-12(20-22-18-19-17(25)13(2)21-23-18)14-4-5-16(26-3)15(10-14)11-24-6-8-27-9-7-24/h4-5,10H,6-9,11H2,1-3H3,(H2,19,22,23,25)/b20-12-. The third-order valence-corrected chi connectivity index (χ3v) is 4.39. The molecule has 144 valence electrons. The summed E-state index contributed by atoms with van der Waals surface area (Å²) in [6, 6.07) is 5.96. The predicted octanol–water partition coefficient (Wildman–Crippen LogP) is 1.15. The number of benzene rings is 1. The molecule has 27 heavy (non-hydrogen) atoms. The summed E-state index contributed by atoms with van der Waals surface area (Å²) in [7, 11) is 1.67. The van der Waals surface area contributed by atoms with E-state index in [0.29, 0.717) is 5.69 Å². The Labute approximate surface area is 157 Å². The topological polar surface area (TPSA) is 105 Å². The number of rotatable bonds is 6. The molecule has 1 aliphatic rings. The van der Waals surface area contributed by atoms with Gasteiger partial charge in [0.05, 0.1) is 26.0 Å². The van der Waals surface area contributed by atoms with E-state index in [1.807, 2.05) is 19.1 Å². The van der Waals surface area contributed by atoms with Gasteiger partial charge in [0.15, 0.2) is 0 Å². The van der Waals surface area contributed by atoms with Crippen LogP contribution >= 0.6 is 0 Å². The number of aromatic nitrogens is 3. The second-order valence-electron chi connectivity index (χ2n) is 6.31. The van der Waals surface area contributed by atoms with Crippen LogP contribution in [0.5, 0.6) is 5.75 Å². The smallest absolute Gasteiger partial charge is 0.274 e. The molecule has 0 aliphatic carbocycles. The van der Waals surface area contributed by atoms with Crippen molar-refractivity contribution in [2.24, 2.45) is 5.10 Å². The van der Waals surface area contributed by atoms with Crippen LogP contribution in [-0.4, -0.2) is 59.2 Å². The molecule has 1 fully saturated rings. The highest BCUT2D eigenvalue weighted by Gasteiger charge is 2.14. The molecule has 1 aromatic heterocycles. The van der Waals surface area contributed by atoms with Crippen LogP contribution in [0.25, 0.3) is 0 Å². The van der Waals surface area contributed by atoms with E-state index >= 15 is 0 Å². The lowest BCUT2D eigenvalue weighted by molar-refractivity contribution is 0.0339. The summed E-state index contributed by atoms with van der Waals surface area (Å²) >= 11 is 0. The van der Waals surface area contributed by atoms with Crippen LogP contribution in [0.3, 0.4) is 0 Å². The first-order valence-corrected chi connectivity index (χ1v) is 8.78. The first-order chi connectivity index (χ1) is 13.1. The molecule has 3 rings (SSSR count). The van der Waals surface area contributed by atoms with Crippen LogP contribution in [0.4, 0.5) is 5.95 Å². The number of hydrazone groups is 1. The highest BCUT2D eigenvalue weighted by atomic mass is 16.5. The van der Waals surface area contributed by atoms with Gasteiger partial charge in [0.2, 0.25) is 5.95 Å². The molecule has 2 heterocycles. The number of nitrogens with one attached hydrogen (secondary N) is 2. The fourth-order valence-corrected chi connectivity index (χ4v) is 2.77. The van der Waals surface area contributed by atoms with E-state index < -0.39 is 0 Å². The number of hydrogen-bond donors (Lipinski definition) is 2. The molecule has 2 N–H and O–H groups in total. The zero-order valence-corrected chi connectivity index (χ0v) is 15.8. The van der Waals surface area contributed by atoms with E-state index in [0.717, 1.165) is 55.4 Å². The Bertz CT molecular complexity index is 874. The monoisotopic (exact) mass is 372 g/mol. The van der Waals surface area contributed by atoms with Crippen molar-refractivity contribution in [3.05, 3.63) is 45.4 Å². The summed E-state index contributed by atoms with van der Waals surface area (Å²) < 4.78 is 10.9. The lowest BCUT2D eigenvalue weighted by Gasteiger charge is -2.27. The molecular formula is C18H24N6O3. The van der Waals surface area contributed by atoms with Gasteiger partial charge in [-0.2, -0.15) is 5.10 Å². The van der Waals surface area contributed by atoms with Crippen LogP contribution in [0.15, 0.2) is 28.1 Å². The minimum absolute atomic E-state index is 0.201. The first kappa shape index (κ1) is 19.0. The van der Waals surface area contributed by atoms with Gasteiger partial charge in [-0.3, -0.25) is 14.7 Å². The molecule has 0 radical (unpaired) electrons. The molecule has 1 saturated heterocycles. The normalized spacial score (nSPS) is 15.6. The Morgan fingerprint density at radius 1 is 1.37 bits per heavy atom. The molecule has 0 saturated carbocycles. The van der Waals surface area contributed by atoms with Gasteiger partial charge in [-0.25, -0.2) is 5.43 Å². The average molecular weight is 372 g/mol. The summed E-state index contributed by atoms with van der Waals surface area (Å²) in [4.78, 5) is 16.5. The largest absolute Gasteiger partial charge is 0.496 e. The number of methoxy groups -OCH3 is 1. The highest BCUT2D eigenvalue weighted by Crippen LogP contribution is 2.22. The molecular weight excluding hydrogens is 348 g/mol. The molecule has 0 amide bonds. The SMILES string of the molecule is COc1ccc(/C(C)=N\Nc2nnc(C)c(=O)[nH]2)cc1CN1CCOCC1. The average Bonchev–Trinajstić information content (AvgIpc) is 2.69. The van der Waals surface area contributed by atoms with Crippen LogP contribution < -0.4 is 15.7 Å². The molecule has 0 bridgehead atoms. The van der Waals surface area contributed by atoms with E-state index in [2.05, 4.69) is 36.7 Å². The van der Waals surface area contributed by atoms with Gasteiger partial charge in [0.1, 0.15) is 11.4 Å². The van der Waals surface area contributed by atoms with Gasteiger partial charge < -0.3 is 9.47 Å². The number of anilines is 1. The number of aromatic amines is 1. The number of ether oxygens (including phenoxy) is 2. The van der Waals surface area contributed by atoms with E-state index in [-0.39, 0.29) is 11.5 Å². The van der Waals surface area contributed by atoms with Crippen molar-refractivity contribution in [3.8, 4) is 5.75 Å². The summed E-state index contributed by atoms with van der Waals surface area (Å²) in [5.41, 5.74) is 5.56. The second-order valence-corrected chi connectivity index (χ2v) is 6.31. The minimum Gasteiger partial charge on any atom is -0.496 e. The molecule has 1 aliphatic heterocycles. The van der Waals surface area contributed by atoms with E-state index in [4.69, 9.17) is 9.47 Å². The van der Waals surface area contributed by atoms with Crippen LogP contribution in [0, 0.1) is 6.92 Å². The van der Waals surface area contributed by atoms with Gasteiger partial charge in [-0.05, 0) is 37.6 Å². The molecule has 2 aromatic rings. The van der Waals surface area contributed by atoms with E-state index in [1.165, 1.54) is 0 Å². The predicted molar refractivity (Wildman–Crippen MR) is 102 cm³/mol. The zero-order chi connectivity index (χ0) is 19.2. The maximum atomic E-state index is 11.6. The lowest BCUT2D eigenvalue weighted by Crippen LogP contribution is -2.35. The number of hydrogen-bond acceptors (Lipinski definition) is 8. The minimum atomic E-state index is -0.294. The third-order valence-electron chi connectivity index (χ3n) is 4.39. The fourth-order valence-electron chi connectivity index (χ4n) is 2.77. The zero-order valence-electron chi connectivity index (χ0n) is 15.8. The molecule has 9 heteroatoms. The lowest BCUT2D eigenvalue weighted by atomic mass is 10.1. The summed E-state index contributed by atoms with van der Waals surface area (Å²) in [5, 5.41) is 11.9. The quantitative estimate of drug-likeness (QED) is 0.579. The Morgan fingerprint density at radius 3 is 2.85 bits per heavy atom. The maximum absolute atomic E-state index is 11.6. The molecule has 1 aromatic carbocycles. The van der Waals surface area contributed by atoms with Crippen molar-refractivity contribution in [3.63, 3.8) is 0 Å². The molecule has 9 nitrogen and oxygen atoms in total. The van der Waals surface area contributed by atoms with E-state index in [1.54, 1.807) is 14.0 Å². The van der Waals surface area contributed by atoms with Gasteiger partial charge in [0, 0.05) is 25.2 Å². The van der Waals surface area contributed by atoms with Gasteiger partial charge in [-0.1, -0.05) is 0 Å². The van der Waals surface area contributed by atoms with Crippen molar-refractivity contribution in [1.82, 2.24) is 20.1 Å². The third kappa shape index (κ3) is 4.89. The van der Waals surface area contributed by atoms with Crippen molar-refractivity contribution in [1.29, 1.82) is 0 Å². The number of morpholine rings is 1. The molecule has 0 atom stereocenters. The molecule has 0 unspecified atom stereocenters. The van der Waals surface area contributed by atoms with E-state index in [9.17, 15) is 4.79 Å². The van der Waals surface area contributed by atoms with Crippen LogP contribution in [-0.2, 0) is 11.3 Å². The van der Waals surface area contributed by atoms with Crippen LogP contribution in [0.2, 0.25) is 0 Å². The summed E-state index contributed by atoms with van der Waals surface area (Å²) in [5.74, 6) is 1.05. The maximum Gasteiger partial charge on any atom is 0.274 e. The van der Waals surface area contributed by atoms with Crippen molar-refractivity contribution in [2.45, 2.75) is 20.4 Å².